The highest BCUT2D eigenvalue weighted by Gasteiger charge is 2.31. The van der Waals surface area contributed by atoms with Crippen LogP contribution in [0.3, 0.4) is 0 Å². The molecule has 6 heteroatoms. The Morgan fingerprint density at radius 2 is 2.00 bits per heavy atom. The van der Waals surface area contributed by atoms with E-state index < -0.39 is 0 Å². The molecule has 0 N–H and O–H groups in total. The highest BCUT2D eigenvalue weighted by molar-refractivity contribution is 5.75. The van der Waals surface area contributed by atoms with Gasteiger partial charge in [0.1, 0.15) is 19.2 Å². The summed E-state index contributed by atoms with van der Waals surface area (Å²) in [7, 11) is 2.26. The van der Waals surface area contributed by atoms with Gasteiger partial charge in [0.2, 0.25) is 5.91 Å². The first-order valence-electron chi connectivity index (χ1n) is 8.04. The molecule has 116 valence electrons. The summed E-state index contributed by atoms with van der Waals surface area (Å²) in [6.07, 6.45) is 9.37. The van der Waals surface area contributed by atoms with Crippen molar-refractivity contribution in [1.29, 1.82) is 0 Å². The van der Waals surface area contributed by atoms with Crippen LogP contribution in [0.2, 0.25) is 0 Å². The molecule has 1 aromatic heterocycles. The lowest BCUT2D eigenvalue weighted by atomic mass is 9.84. The summed E-state index contributed by atoms with van der Waals surface area (Å²) in [5.74, 6) is 0.918. The summed E-state index contributed by atoms with van der Waals surface area (Å²) >= 11 is 0. The van der Waals surface area contributed by atoms with Gasteiger partial charge in [0.25, 0.3) is 0 Å². The van der Waals surface area contributed by atoms with Gasteiger partial charge in [-0.05, 0) is 45.2 Å². The fourth-order valence-electron chi connectivity index (χ4n) is 3.78. The Kier molecular flexibility index (Phi) is 4.53. The van der Waals surface area contributed by atoms with Crippen molar-refractivity contribution >= 4 is 5.91 Å². The first-order chi connectivity index (χ1) is 10.2. The molecule has 1 amide bonds. The normalized spacial score (nSPS) is 25.2. The summed E-state index contributed by atoms with van der Waals surface area (Å²) in [6.45, 7) is 3.33. The molecule has 2 fully saturated rings. The van der Waals surface area contributed by atoms with E-state index in [9.17, 15) is 4.79 Å². The molecule has 0 spiro atoms. The fourth-order valence-corrected chi connectivity index (χ4v) is 3.78. The van der Waals surface area contributed by atoms with Crippen molar-refractivity contribution in [3.05, 3.63) is 12.7 Å². The predicted octanol–water partition coefficient (Wildman–Crippen LogP) is 1.00. The topological polar surface area (TPSA) is 54.3 Å². The molecular weight excluding hydrogens is 266 g/mol. The summed E-state index contributed by atoms with van der Waals surface area (Å²) in [6, 6.07) is 0.728. The monoisotopic (exact) mass is 291 g/mol. The molecule has 2 aliphatic heterocycles. The Bertz CT molecular complexity index is 453. The number of hydrogen-bond donors (Lipinski definition) is 0. The molecule has 0 radical (unpaired) electrons. The third kappa shape index (κ3) is 3.43. The van der Waals surface area contributed by atoms with E-state index in [1.165, 1.54) is 32.1 Å². The number of piperidine rings is 2. The molecule has 6 nitrogen and oxygen atoms in total. The molecule has 2 saturated heterocycles. The van der Waals surface area contributed by atoms with Gasteiger partial charge >= 0.3 is 0 Å². The number of amides is 1. The Balaban J connectivity index is 1.49. The van der Waals surface area contributed by atoms with Crippen LogP contribution in [-0.4, -0.2) is 63.2 Å². The Morgan fingerprint density at radius 3 is 2.67 bits per heavy atom. The number of aromatic nitrogens is 3. The van der Waals surface area contributed by atoms with E-state index in [0.29, 0.717) is 6.54 Å². The van der Waals surface area contributed by atoms with E-state index >= 15 is 0 Å². The van der Waals surface area contributed by atoms with Gasteiger partial charge in [-0.1, -0.05) is 6.42 Å². The molecule has 0 unspecified atom stereocenters. The number of likely N-dealkylation sites (tertiary alicyclic amines) is 2. The minimum Gasteiger partial charge on any atom is -0.341 e. The summed E-state index contributed by atoms with van der Waals surface area (Å²) in [5, 5.41) is 4.00. The smallest absolute Gasteiger partial charge is 0.244 e. The van der Waals surface area contributed by atoms with Crippen molar-refractivity contribution in [1.82, 2.24) is 24.6 Å². The quantitative estimate of drug-likeness (QED) is 0.834. The van der Waals surface area contributed by atoms with Gasteiger partial charge in [-0.3, -0.25) is 4.79 Å². The summed E-state index contributed by atoms with van der Waals surface area (Å²) in [5.41, 5.74) is 0. The lowest BCUT2D eigenvalue weighted by Crippen LogP contribution is -2.47. The van der Waals surface area contributed by atoms with E-state index in [0.717, 1.165) is 37.9 Å². The van der Waals surface area contributed by atoms with Crippen LogP contribution in [0, 0.1) is 5.92 Å². The van der Waals surface area contributed by atoms with Gasteiger partial charge in [-0.15, -0.1) is 0 Å². The molecule has 0 saturated carbocycles. The van der Waals surface area contributed by atoms with Gasteiger partial charge in [0.05, 0.1) is 0 Å². The Morgan fingerprint density at radius 1 is 1.19 bits per heavy atom. The van der Waals surface area contributed by atoms with Crippen molar-refractivity contribution in [2.24, 2.45) is 5.92 Å². The highest BCUT2D eigenvalue weighted by atomic mass is 16.2. The summed E-state index contributed by atoms with van der Waals surface area (Å²) < 4.78 is 1.60. The molecule has 0 bridgehead atoms. The Hall–Kier alpha value is -1.43. The molecule has 0 aromatic carbocycles. The van der Waals surface area contributed by atoms with Gasteiger partial charge in [-0.2, -0.15) is 5.10 Å². The first-order valence-corrected chi connectivity index (χ1v) is 8.04. The number of rotatable bonds is 3. The zero-order valence-electron chi connectivity index (χ0n) is 12.8. The van der Waals surface area contributed by atoms with Crippen LogP contribution < -0.4 is 0 Å². The molecule has 0 aliphatic carbocycles. The van der Waals surface area contributed by atoms with Crippen LogP contribution in [-0.2, 0) is 11.3 Å². The zero-order chi connectivity index (χ0) is 14.7. The van der Waals surface area contributed by atoms with Crippen molar-refractivity contribution < 1.29 is 4.79 Å². The van der Waals surface area contributed by atoms with E-state index in [4.69, 9.17) is 0 Å². The minimum absolute atomic E-state index is 0.163. The molecular formula is C15H25N5O. The highest BCUT2D eigenvalue weighted by Crippen LogP contribution is 2.29. The number of nitrogens with zero attached hydrogens (tertiary/aromatic N) is 5. The van der Waals surface area contributed by atoms with Crippen molar-refractivity contribution in [2.45, 2.75) is 44.7 Å². The lowest BCUT2D eigenvalue weighted by Gasteiger charge is -2.42. The molecule has 2 aliphatic rings. The zero-order valence-corrected chi connectivity index (χ0v) is 12.8. The van der Waals surface area contributed by atoms with E-state index in [-0.39, 0.29) is 5.91 Å². The van der Waals surface area contributed by atoms with Crippen LogP contribution in [0.1, 0.15) is 32.1 Å². The fraction of sp³-hybridized carbons (Fsp3) is 0.800. The minimum atomic E-state index is 0.163. The van der Waals surface area contributed by atoms with Crippen LogP contribution >= 0.6 is 0 Å². The molecule has 1 atom stereocenters. The third-order valence-corrected chi connectivity index (χ3v) is 5.03. The number of hydrogen-bond acceptors (Lipinski definition) is 4. The molecule has 21 heavy (non-hydrogen) atoms. The molecule has 3 heterocycles. The molecule has 3 rings (SSSR count). The predicted molar refractivity (Wildman–Crippen MR) is 79.6 cm³/mol. The van der Waals surface area contributed by atoms with Crippen molar-refractivity contribution in [3.8, 4) is 0 Å². The average molecular weight is 291 g/mol. The van der Waals surface area contributed by atoms with E-state index in [1.807, 2.05) is 4.90 Å². The van der Waals surface area contributed by atoms with Crippen molar-refractivity contribution in [2.75, 3.05) is 26.7 Å². The lowest BCUT2D eigenvalue weighted by molar-refractivity contribution is -0.133. The van der Waals surface area contributed by atoms with Gasteiger partial charge in [0, 0.05) is 19.1 Å². The van der Waals surface area contributed by atoms with Crippen molar-refractivity contribution in [3.63, 3.8) is 0 Å². The van der Waals surface area contributed by atoms with E-state index in [2.05, 4.69) is 22.0 Å². The maximum absolute atomic E-state index is 12.2. The summed E-state index contributed by atoms with van der Waals surface area (Å²) in [4.78, 5) is 20.6. The average Bonchev–Trinajstić information content (AvgIpc) is 3.01. The maximum Gasteiger partial charge on any atom is 0.244 e. The third-order valence-electron chi connectivity index (χ3n) is 5.03. The largest absolute Gasteiger partial charge is 0.341 e. The van der Waals surface area contributed by atoms with E-state index in [1.54, 1.807) is 11.0 Å². The number of carbonyl (C=O) groups is 1. The van der Waals surface area contributed by atoms with Crippen LogP contribution in [0.4, 0.5) is 0 Å². The number of carbonyl (C=O) groups excluding carboxylic acids is 1. The van der Waals surface area contributed by atoms with Crippen LogP contribution in [0.15, 0.2) is 12.7 Å². The van der Waals surface area contributed by atoms with Crippen LogP contribution in [0.25, 0.3) is 0 Å². The van der Waals surface area contributed by atoms with Crippen LogP contribution in [0.5, 0.6) is 0 Å². The Labute approximate surface area is 126 Å². The van der Waals surface area contributed by atoms with Gasteiger partial charge in [0.15, 0.2) is 0 Å². The SMILES string of the molecule is CN1CCCC[C@H]1C1CCN(C(=O)Cn2cncn2)CC1. The maximum atomic E-state index is 12.2. The molecule has 1 aromatic rings. The van der Waals surface area contributed by atoms with Gasteiger partial charge < -0.3 is 9.80 Å². The first kappa shape index (κ1) is 14.5. The second-order valence-corrected chi connectivity index (χ2v) is 6.36. The second-order valence-electron chi connectivity index (χ2n) is 6.36. The standard InChI is InChI=1S/C15H25N5O/c1-18-7-3-2-4-14(18)13-5-8-19(9-6-13)15(21)10-20-12-16-11-17-20/h11-14H,2-10H2,1H3/t14-/m0/s1. The second kappa shape index (κ2) is 6.56. The van der Waals surface area contributed by atoms with Gasteiger partial charge in [-0.25, -0.2) is 9.67 Å².